The largest absolute Gasteiger partial charge is 0.477 e. The second kappa shape index (κ2) is 13.1. The highest BCUT2D eigenvalue weighted by Crippen LogP contribution is 2.28. The average molecular weight is 576 g/mol. The number of hydrogen-bond donors (Lipinski definition) is 2. The second-order valence-corrected chi connectivity index (χ2v) is 8.49. The Morgan fingerprint density at radius 1 is 0.738 bits per heavy atom. The van der Waals surface area contributed by atoms with Crippen molar-refractivity contribution >= 4 is 23.3 Å². The maximum absolute atomic E-state index is 12.6. The van der Waals surface area contributed by atoms with Crippen LogP contribution in [-0.4, -0.2) is 32.1 Å². The molecule has 0 bridgehead atoms. The third kappa shape index (κ3) is 6.71. The van der Waals surface area contributed by atoms with Gasteiger partial charge in [0, 0.05) is 12.1 Å². The number of carbonyl (C=O) groups excluding carboxylic acids is 1. The Bertz CT molecular complexity index is 1640. The molecule has 0 saturated carbocycles. The van der Waals surface area contributed by atoms with Gasteiger partial charge in [-0.3, -0.25) is 25.5 Å². The molecule has 0 aliphatic heterocycles. The van der Waals surface area contributed by atoms with E-state index >= 15 is 0 Å². The number of carboxylic acids is 1. The first kappa shape index (κ1) is 29.3. The van der Waals surface area contributed by atoms with Crippen LogP contribution in [0.1, 0.15) is 31.8 Å². The number of aromatic carboxylic acids is 1. The number of rotatable bonds is 12. The zero-order chi connectivity index (χ0) is 30.2. The quantitative estimate of drug-likeness (QED) is 0.0698. The third-order valence-corrected chi connectivity index (χ3v) is 5.95. The first-order valence-electron chi connectivity index (χ1n) is 11.9. The summed E-state index contributed by atoms with van der Waals surface area (Å²) in [6.07, 6.45) is 0. The first-order valence-corrected chi connectivity index (χ1v) is 11.9. The summed E-state index contributed by atoms with van der Waals surface area (Å²) in [5, 5.41) is 40.5. The molecule has 42 heavy (non-hydrogen) atoms. The number of hydrogen-bond acceptors (Lipinski definition) is 11. The van der Waals surface area contributed by atoms with Crippen LogP contribution in [0.4, 0.5) is 11.4 Å². The van der Waals surface area contributed by atoms with Crippen molar-refractivity contribution in [1.29, 1.82) is 0 Å². The SMILES string of the molecule is O=C(Oc1ccc(-c2ccc(OOCc3cccc([N+](=O)[O-])c3COO)cc2)cc1)c1cccc([N+](=O)[O-])c1C(=O)O. The van der Waals surface area contributed by atoms with Gasteiger partial charge in [-0.15, -0.1) is 0 Å². The van der Waals surface area contributed by atoms with Crippen LogP contribution in [0, 0.1) is 20.2 Å². The van der Waals surface area contributed by atoms with Crippen LogP contribution in [0.3, 0.4) is 0 Å². The zero-order valence-electron chi connectivity index (χ0n) is 21.4. The van der Waals surface area contributed by atoms with E-state index in [9.17, 15) is 34.9 Å². The lowest BCUT2D eigenvalue weighted by Gasteiger charge is -2.10. The number of nitrogens with zero attached hydrogens (tertiary/aromatic N) is 2. The van der Waals surface area contributed by atoms with Gasteiger partial charge in [0.15, 0.2) is 11.3 Å². The highest BCUT2D eigenvalue weighted by molar-refractivity contribution is 6.05. The van der Waals surface area contributed by atoms with Crippen LogP contribution in [0.25, 0.3) is 11.1 Å². The van der Waals surface area contributed by atoms with Gasteiger partial charge in [-0.25, -0.2) is 14.5 Å². The molecule has 0 radical (unpaired) electrons. The predicted octanol–water partition coefficient (Wildman–Crippen LogP) is 5.59. The third-order valence-electron chi connectivity index (χ3n) is 5.95. The molecule has 0 heterocycles. The number of nitro groups is 2. The van der Waals surface area contributed by atoms with Crippen molar-refractivity contribution in [3.05, 3.63) is 127 Å². The lowest BCUT2D eigenvalue weighted by Crippen LogP contribution is -2.15. The Kier molecular flexibility index (Phi) is 9.14. The van der Waals surface area contributed by atoms with Crippen LogP contribution in [0.15, 0.2) is 84.9 Å². The molecule has 214 valence electrons. The molecule has 0 saturated heterocycles. The summed E-state index contributed by atoms with van der Waals surface area (Å²) in [6, 6.07) is 20.6. The highest BCUT2D eigenvalue weighted by Gasteiger charge is 2.28. The molecule has 4 aromatic rings. The molecule has 4 aromatic carbocycles. The van der Waals surface area contributed by atoms with Gasteiger partial charge in [0.2, 0.25) is 0 Å². The summed E-state index contributed by atoms with van der Waals surface area (Å²) in [7, 11) is 0. The minimum Gasteiger partial charge on any atom is -0.477 e. The van der Waals surface area contributed by atoms with Gasteiger partial charge in [-0.05, 0) is 47.0 Å². The monoisotopic (exact) mass is 576 g/mol. The Balaban J connectivity index is 1.39. The Morgan fingerprint density at radius 3 is 1.88 bits per heavy atom. The summed E-state index contributed by atoms with van der Waals surface area (Å²) in [6.45, 7) is -0.562. The normalized spacial score (nSPS) is 10.6. The predicted molar refractivity (Wildman–Crippen MR) is 143 cm³/mol. The lowest BCUT2D eigenvalue weighted by atomic mass is 10.0. The molecule has 0 spiro atoms. The average Bonchev–Trinajstić information content (AvgIpc) is 2.98. The van der Waals surface area contributed by atoms with E-state index < -0.39 is 45.2 Å². The molecule has 0 amide bonds. The molecule has 0 aliphatic carbocycles. The van der Waals surface area contributed by atoms with Crippen molar-refractivity contribution in [3.63, 3.8) is 0 Å². The summed E-state index contributed by atoms with van der Waals surface area (Å²) in [5.74, 6) is -2.27. The van der Waals surface area contributed by atoms with E-state index in [0.717, 1.165) is 23.3 Å². The van der Waals surface area contributed by atoms with Crippen LogP contribution in [0.5, 0.6) is 11.5 Å². The Morgan fingerprint density at radius 2 is 1.31 bits per heavy atom. The zero-order valence-corrected chi connectivity index (χ0v) is 21.4. The van der Waals surface area contributed by atoms with Crippen LogP contribution in [-0.2, 0) is 23.0 Å². The van der Waals surface area contributed by atoms with E-state index in [1.54, 1.807) is 42.5 Å². The van der Waals surface area contributed by atoms with Crippen molar-refractivity contribution in [2.24, 2.45) is 0 Å². The minimum atomic E-state index is -1.63. The molecule has 0 fully saturated rings. The molecular formula is C28H20N2O12. The lowest BCUT2D eigenvalue weighted by molar-refractivity contribution is -0.387. The smallest absolute Gasteiger partial charge is 0.344 e. The standard InChI is InChI=1S/C28H20N2O12/c31-27(32)26-22(4-2-6-25(26)30(36)37)28(33)41-20-11-7-17(8-12-20)18-9-13-21(14-10-18)42-40-15-19-3-1-5-24(29(34)35)23(19)16-39-38/h1-14,38H,15-16H2,(H,31,32). The van der Waals surface area contributed by atoms with E-state index in [0.29, 0.717) is 11.3 Å². The van der Waals surface area contributed by atoms with Gasteiger partial charge < -0.3 is 14.7 Å². The van der Waals surface area contributed by atoms with Gasteiger partial charge in [-0.1, -0.05) is 42.5 Å². The number of benzene rings is 4. The van der Waals surface area contributed by atoms with E-state index in [4.69, 9.17) is 19.8 Å². The fourth-order valence-electron chi connectivity index (χ4n) is 3.99. The molecule has 0 atom stereocenters. The second-order valence-electron chi connectivity index (χ2n) is 8.49. The molecule has 14 nitrogen and oxygen atoms in total. The highest BCUT2D eigenvalue weighted by atomic mass is 17.2. The van der Waals surface area contributed by atoms with E-state index in [1.165, 1.54) is 30.3 Å². The summed E-state index contributed by atoms with van der Waals surface area (Å²) in [5.41, 5.74) is -0.158. The fraction of sp³-hybridized carbons (Fsp3) is 0.0714. The van der Waals surface area contributed by atoms with Gasteiger partial charge >= 0.3 is 11.9 Å². The van der Waals surface area contributed by atoms with Crippen LogP contribution in [0.2, 0.25) is 0 Å². The summed E-state index contributed by atoms with van der Waals surface area (Å²) >= 11 is 0. The summed E-state index contributed by atoms with van der Waals surface area (Å²) in [4.78, 5) is 59.6. The Hall–Kier alpha value is -5.70. The molecule has 0 aromatic heterocycles. The fourth-order valence-corrected chi connectivity index (χ4v) is 3.99. The van der Waals surface area contributed by atoms with Gasteiger partial charge in [-0.2, -0.15) is 4.89 Å². The molecule has 0 unspecified atom stereocenters. The number of carbonyl (C=O) groups is 2. The van der Waals surface area contributed by atoms with Crippen molar-refractivity contribution < 1.29 is 49.2 Å². The molecular weight excluding hydrogens is 556 g/mol. The first-order chi connectivity index (χ1) is 20.2. The molecule has 4 rings (SSSR count). The number of ether oxygens (including phenoxy) is 1. The van der Waals surface area contributed by atoms with E-state index in [2.05, 4.69) is 4.89 Å². The topological polar surface area (TPSA) is 198 Å². The number of esters is 1. The van der Waals surface area contributed by atoms with E-state index in [1.807, 2.05) is 0 Å². The number of nitro benzene ring substituents is 2. The molecule has 14 heteroatoms. The van der Waals surface area contributed by atoms with Crippen LogP contribution >= 0.6 is 0 Å². The van der Waals surface area contributed by atoms with E-state index in [-0.39, 0.29) is 23.6 Å². The van der Waals surface area contributed by atoms with Crippen molar-refractivity contribution in [2.45, 2.75) is 13.2 Å². The van der Waals surface area contributed by atoms with Crippen molar-refractivity contribution in [1.82, 2.24) is 0 Å². The van der Waals surface area contributed by atoms with Crippen LogP contribution < -0.4 is 9.62 Å². The maximum atomic E-state index is 12.6. The summed E-state index contributed by atoms with van der Waals surface area (Å²) < 4.78 is 5.24. The maximum Gasteiger partial charge on any atom is 0.344 e. The van der Waals surface area contributed by atoms with Crippen molar-refractivity contribution in [3.8, 4) is 22.6 Å². The van der Waals surface area contributed by atoms with Crippen molar-refractivity contribution in [2.75, 3.05) is 0 Å². The van der Waals surface area contributed by atoms with Gasteiger partial charge in [0.1, 0.15) is 19.0 Å². The van der Waals surface area contributed by atoms with Gasteiger partial charge in [0.05, 0.1) is 21.0 Å². The number of carboxylic acid groups (broad SMARTS) is 1. The molecule has 2 N–H and O–H groups in total. The minimum absolute atomic E-state index is 0.0899. The molecule has 0 aliphatic rings. The Labute approximate surface area is 236 Å². The van der Waals surface area contributed by atoms with Gasteiger partial charge in [0.25, 0.3) is 11.4 Å².